The van der Waals surface area contributed by atoms with Crippen LogP contribution in [0, 0.1) is 0 Å². The maximum atomic E-state index is 2.43. The van der Waals surface area contributed by atoms with Crippen molar-refractivity contribution in [2.75, 3.05) is 0 Å². The Kier molecular flexibility index (Phi) is 5.15. The van der Waals surface area contributed by atoms with Crippen LogP contribution in [0.2, 0.25) is 0 Å². The first-order chi connectivity index (χ1) is 11.8. The Balaban J connectivity index is 2.23. The van der Waals surface area contributed by atoms with Gasteiger partial charge in [0.2, 0.25) is 0 Å². The van der Waals surface area contributed by atoms with E-state index in [1.165, 1.54) is 38.9 Å². The lowest BCUT2D eigenvalue weighted by atomic mass is 9.87. The van der Waals surface area contributed by atoms with Gasteiger partial charge >= 0.3 is 0 Å². The zero-order chi connectivity index (χ0) is 16.9. The van der Waals surface area contributed by atoms with Crippen molar-refractivity contribution < 1.29 is 0 Å². The second kappa shape index (κ2) is 7.49. The van der Waals surface area contributed by atoms with Gasteiger partial charge in [-0.15, -0.1) is 0 Å². The van der Waals surface area contributed by atoms with Crippen molar-refractivity contribution in [2.24, 2.45) is 0 Å². The summed E-state index contributed by atoms with van der Waals surface area (Å²) in [6.45, 7) is 6.77. The molecule has 0 atom stereocenters. The van der Waals surface area contributed by atoms with Gasteiger partial charge < -0.3 is 0 Å². The Bertz CT molecular complexity index is 813. The Labute approximate surface area is 146 Å². The molecule has 3 rings (SSSR count). The Morgan fingerprint density at radius 1 is 0.500 bits per heavy atom. The maximum absolute atomic E-state index is 2.43. The fourth-order valence-electron chi connectivity index (χ4n) is 3.53. The van der Waals surface area contributed by atoms with E-state index >= 15 is 0 Å². The predicted molar refractivity (Wildman–Crippen MR) is 105 cm³/mol. The number of hydrogen-bond donors (Lipinski definition) is 0. The molecule has 0 heterocycles. The average Bonchev–Trinajstić information content (AvgIpc) is 2.67. The van der Waals surface area contributed by atoms with Crippen LogP contribution in [0.3, 0.4) is 0 Å². The first-order valence-electron chi connectivity index (χ1n) is 9.07. The van der Waals surface area contributed by atoms with Crippen LogP contribution in [0.5, 0.6) is 0 Å². The van der Waals surface area contributed by atoms with Gasteiger partial charge in [-0.25, -0.2) is 0 Å². The third kappa shape index (κ3) is 3.14. The largest absolute Gasteiger partial charge is 0.0622 e. The van der Waals surface area contributed by atoms with Crippen LogP contribution in [0.4, 0.5) is 0 Å². The molecule has 0 bridgehead atoms. The molecule has 0 saturated carbocycles. The van der Waals surface area contributed by atoms with Gasteiger partial charge in [0.05, 0.1) is 0 Å². The van der Waals surface area contributed by atoms with E-state index in [-0.39, 0.29) is 0 Å². The molecular formula is C24H26. The minimum atomic E-state index is 1.06. The van der Waals surface area contributed by atoms with E-state index in [4.69, 9.17) is 0 Å². The Hall–Kier alpha value is -2.34. The fourth-order valence-corrected chi connectivity index (χ4v) is 3.53. The highest BCUT2D eigenvalue weighted by Gasteiger charge is 2.13. The third-order valence-corrected chi connectivity index (χ3v) is 4.87. The van der Waals surface area contributed by atoms with Crippen molar-refractivity contribution in [3.05, 3.63) is 83.4 Å². The van der Waals surface area contributed by atoms with Gasteiger partial charge in [-0.2, -0.15) is 0 Å². The molecule has 0 aliphatic heterocycles. The van der Waals surface area contributed by atoms with E-state index < -0.39 is 0 Å². The van der Waals surface area contributed by atoms with E-state index in [0.29, 0.717) is 0 Å². The molecule has 0 radical (unpaired) electrons. The second-order valence-corrected chi connectivity index (χ2v) is 6.25. The second-order valence-electron chi connectivity index (χ2n) is 6.25. The fraction of sp³-hybridized carbons (Fsp3) is 0.250. The number of hydrogen-bond acceptors (Lipinski definition) is 0. The van der Waals surface area contributed by atoms with Crippen LogP contribution in [0.1, 0.15) is 37.5 Å². The normalized spacial score (nSPS) is 10.8. The zero-order valence-corrected chi connectivity index (χ0v) is 15.0. The zero-order valence-electron chi connectivity index (χ0n) is 15.0. The summed E-state index contributed by atoms with van der Waals surface area (Å²) in [4.78, 5) is 0. The summed E-state index contributed by atoms with van der Waals surface area (Å²) in [6, 6.07) is 24.4. The van der Waals surface area contributed by atoms with E-state index in [0.717, 1.165) is 19.3 Å². The van der Waals surface area contributed by atoms with Crippen molar-refractivity contribution in [2.45, 2.75) is 40.0 Å². The molecule has 3 aromatic carbocycles. The molecule has 0 saturated heterocycles. The molecule has 0 aliphatic carbocycles. The maximum Gasteiger partial charge on any atom is -0.0103 e. The van der Waals surface area contributed by atoms with Crippen LogP contribution in [-0.2, 0) is 19.3 Å². The molecule has 0 spiro atoms. The summed E-state index contributed by atoms with van der Waals surface area (Å²) in [6.07, 6.45) is 3.26. The first-order valence-corrected chi connectivity index (χ1v) is 9.07. The van der Waals surface area contributed by atoms with Gasteiger partial charge in [0, 0.05) is 0 Å². The number of rotatable bonds is 5. The molecule has 0 aromatic heterocycles. The van der Waals surface area contributed by atoms with Crippen LogP contribution >= 0.6 is 0 Å². The molecular weight excluding hydrogens is 288 g/mol. The summed E-state index contributed by atoms with van der Waals surface area (Å²) in [5.41, 5.74) is 9.77. The van der Waals surface area contributed by atoms with Crippen molar-refractivity contribution in [3.63, 3.8) is 0 Å². The highest BCUT2D eigenvalue weighted by molar-refractivity contribution is 5.85. The minimum absolute atomic E-state index is 1.06. The summed E-state index contributed by atoms with van der Waals surface area (Å²) in [7, 11) is 0. The molecule has 0 N–H and O–H groups in total. The Morgan fingerprint density at radius 3 is 1.67 bits per heavy atom. The first kappa shape index (κ1) is 16.5. The third-order valence-electron chi connectivity index (χ3n) is 4.87. The van der Waals surface area contributed by atoms with Gasteiger partial charge in [-0.1, -0.05) is 87.5 Å². The van der Waals surface area contributed by atoms with Gasteiger partial charge in [-0.3, -0.25) is 0 Å². The van der Waals surface area contributed by atoms with E-state index in [9.17, 15) is 0 Å². The summed E-state index contributed by atoms with van der Waals surface area (Å²) in [5, 5.41) is 0. The van der Waals surface area contributed by atoms with Crippen molar-refractivity contribution in [3.8, 4) is 22.3 Å². The Morgan fingerprint density at radius 2 is 1.04 bits per heavy atom. The molecule has 24 heavy (non-hydrogen) atoms. The van der Waals surface area contributed by atoms with Crippen LogP contribution in [0.25, 0.3) is 22.3 Å². The summed E-state index contributed by atoms with van der Waals surface area (Å²) in [5.74, 6) is 0. The van der Waals surface area contributed by atoms with Crippen molar-refractivity contribution >= 4 is 0 Å². The number of aryl methyl sites for hydroxylation is 3. The van der Waals surface area contributed by atoms with Gasteiger partial charge in [0.1, 0.15) is 0 Å². The van der Waals surface area contributed by atoms with Crippen LogP contribution in [0.15, 0.2) is 66.7 Å². The molecule has 0 aliphatic rings. The lowest BCUT2D eigenvalue weighted by molar-refractivity contribution is 1.02. The SMILES string of the molecule is CCc1cc(CC)c(-c2ccccc2-c2ccccc2)cc1CC. The molecule has 0 heteroatoms. The van der Waals surface area contributed by atoms with Gasteiger partial charge in [-0.05, 0) is 58.2 Å². The quantitative estimate of drug-likeness (QED) is 0.491. The predicted octanol–water partition coefficient (Wildman–Crippen LogP) is 6.71. The molecule has 122 valence electrons. The average molecular weight is 314 g/mol. The highest BCUT2D eigenvalue weighted by atomic mass is 14.2. The van der Waals surface area contributed by atoms with Gasteiger partial charge in [0.15, 0.2) is 0 Å². The minimum Gasteiger partial charge on any atom is -0.0622 e. The van der Waals surface area contributed by atoms with Crippen molar-refractivity contribution in [1.29, 1.82) is 0 Å². The van der Waals surface area contributed by atoms with E-state index in [1.54, 1.807) is 0 Å². The van der Waals surface area contributed by atoms with Crippen LogP contribution < -0.4 is 0 Å². The monoisotopic (exact) mass is 314 g/mol. The smallest absolute Gasteiger partial charge is 0.0103 e. The van der Waals surface area contributed by atoms with Crippen molar-refractivity contribution in [1.82, 2.24) is 0 Å². The molecule has 0 unspecified atom stereocenters. The van der Waals surface area contributed by atoms with E-state index in [2.05, 4.69) is 87.5 Å². The standard InChI is InChI=1S/C24H26/c1-4-18-16-20(6-3)24(17-19(18)5-2)23-15-11-10-14-22(23)21-12-8-7-9-13-21/h7-17H,4-6H2,1-3H3. The molecule has 0 nitrogen and oxygen atoms in total. The van der Waals surface area contributed by atoms with Crippen LogP contribution in [-0.4, -0.2) is 0 Å². The topological polar surface area (TPSA) is 0 Å². The molecule has 0 fully saturated rings. The van der Waals surface area contributed by atoms with E-state index in [1.807, 2.05) is 0 Å². The number of benzene rings is 3. The lowest BCUT2D eigenvalue weighted by Crippen LogP contribution is -1.98. The summed E-state index contributed by atoms with van der Waals surface area (Å²) >= 11 is 0. The highest BCUT2D eigenvalue weighted by Crippen LogP contribution is 2.35. The molecule has 0 amide bonds. The summed E-state index contributed by atoms with van der Waals surface area (Å²) < 4.78 is 0. The lowest BCUT2D eigenvalue weighted by Gasteiger charge is -2.17. The molecule has 3 aromatic rings. The van der Waals surface area contributed by atoms with Gasteiger partial charge in [0.25, 0.3) is 0 Å².